The van der Waals surface area contributed by atoms with Gasteiger partial charge in [0.25, 0.3) is 0 Å². The molecule has 0 saturated heterocycles. The van der Waals surface area contributed by atoms with Crippen LogP contribution in [0.15, 0.2) is 24.3 Å². The summed E-state index contributed by atoms with van der Waals surface area (Å²) in [6, 6.07) is 8.65. The summed E-state index contributed by atoms with van der Waals surface area (Å²) >= 11 is 0. The van der Waals surface area contributed by atoms with Crippen molar-refractivity contribution >= 4 is 5.69 Å². The van der Waals surface area contributed by atoms with Gasteiger partial charge in [0.05, 0.1) is 6.61 Å². The molecule has 1 aromatic rings. The van der Waals surface area contributed by atoms with Crippen LogP contribution in [0.4, 0.5) is 5.69 Å². The number of nitrogens with zero attached hydrogens (tertiary/aromatic N) is 1. The fourth-order valence-electron chi connectivity index (χ4n) is 2.67. The molecule has 1 aliphatic heterocycles. The van der Waals surface area contributed by atoms with Crippen LogP contribution in [0.25, 0.3) is 0 Å². The van der Waals surface area contributed by atoms with E-state index in [1.165, 1.54) is 11.3 Å². The van der Waals surface area contributed by atoms with Gasteiger partial charge >= 0.3 is 0 Å². The van der Waals surface area contributed by atoms with Crippen LogP contribution in [-0.2, 0) is 6.42 Å². The smallest absolute Gasteiger partial charge is 0.0611 e. The number of hydrogen-bond acceptors (Lipinski definition) is 3. The summed E-state index contributed by atoms with van der Waals surface area (Å²) in [6.45, 7) is 7.54. The van der Waals surface area contributed by atoms with Gasteiger partial charge in [-0.15, -0.1) is 0 Å². The number of aliphatic hydroxyl groups is 1. The maximum atomic E-state index is 9.60. The van der Waals surface area contributed by atoms with Crippen LogP contribution in [0.1, 0.15) is 32.3 Å². The van der Waals surface area contributed by atoms with Crippen molar-refractivity contribution in [2.24, 2.45) is 0 Å². The zero-order chi connectivity index (χ0) is 13.7. The molecule has 1 atom stereocenters. The Morgan fingerprint density at radius 2 is 2.16 bits per heavy atom. The Labute approximate surface area is 116 Å². The second-order valence-corrected chi connectivity index (χ2v) is 5.76. The van der Waals surface area contributed by atoms with Gasteiger partial charge in [-0.3, -0.25) is 0 Å². The molecule has 0 saturated carbocycles. The van der Waals surface area contributed by atoms with Gasteiger partial charge in [0.2, 0.25) is 0 Å². The number of benzene rings is 1. The van der Waals surface area contributed by atoms with E-state index in [1.54, 1.807) is 0 Å². The van der Waals surface area contributed by atoms with Crippen molar-refractivity contribution in [1.82, 2.24) is 5.32 Å². The van der Waals surface area contributed by atoms with Crippen molar-refractivity contribution in [3.05, 3.63) is 29.8 Å². The van der Waals surface area contributed by atoms with Gasteiger partial charge in [0, 0.05) is 24.3 Å². The monoisotopic (exact) mass is 262 g/mol. The molecule has 2 N–H and O–H groups in total. The molecule has 19 heavy (non-hydrogen) atoms. The first-order valence-corrected chi connectivity index (χ1v) is 7.37. The molecule has 0 fully saturated rings. The van der Waals surface area contributed by atoms with Crippen LogP contribution in [0.5, 0.6) is 0 Å². The predicted octanol–water partition coefficient (Wildman–Crippen LogP) is 2.19. The highest BCUT2D eigenvalue weighted by molar-refractivity contribution is 5.57. The van der Waals surface area contributed by atoms with E-state index >= 15 is 0 Å². The third kappa shape index (κ3) is 3.48. The topological polar surface area (TPSA) is 35.5 Å². The summed E-state index contributed by atoms with van der Waals surface area (Å²) in [5.41, 5.74) is 2.67. The lowest BCUT2D eigenvalue weighted by Gasteiger charge is -2.31. The van der Waals surface area contributed by atoms with Gasteiger partial charge in [0.1, 0.15) is 0 Å². The summed E-state index contributed by atoms with van der Waals surface area (Å²) in [7, 11) is 0. The van der Waals surface area contributed by atoms with E-state index in [9.17, 15) is 5.11 Å². The van der Waals surface area contributed by atoms with E-state index in [1.807, 2.05) is 0 Å². The zero-order valence-corrected chi connectivity index (χ0v) is 12.2. The Balaban J connectivity index is 1.92. The Kier molecular flexibility index (Phi) is 4.83. The Hall–Kier alpha value is -1.06. The van der Waals surface area contributed by atoms with Crippen molar-refractivity contribution in [3.8, 4) is 0 Å². The minimum atomic E-state index is -0.159. The molecule has 3 nitrogen and oxygen atoms in total. The lowest BCUT2D eigenvalue weighted by molar-refractivity contribution is 0.167. The zero-order valence-electron chi connectivity index (χ0n) is 12.2. The molecule has 0 spiro atoms. The quantitative estimate of drug-likeness (QED) is 0.790. The fourth-order valence-corrected chi connectivity index (χ4v) is 2.67. The highest BCUT2D eigenvalue weighted by Crippen LogP contribution is 2.28. The van der Waals surface area contributed by atoms with Gasteiger partial charge < -0.3 is 15.3 Å². The molecule has 0 aromatic heterocycles. The number of hydrogen-bond donors (Lipinski definition) is 2. The molecule has 0 radical (unpaired) electrons. The maximum Gasteiger partial charge on any atom is 0.0611 e. The van der Waals surface area contributed by atoms with Gasteiger partial charge in [-0.1, -0.05) is 25.1 Å². The van der Waals surface area contributed by atoms with E-state index in [4.69, 9.17) is 0 Å². The van der Waals surface area contributed by atoms with E-state index in [2.05, 4.69) is 48.3 Å². The van der Waals surface area contributed by atoms with Crippen molar-refractivity contribution in [1.29, 1.82) is 0 Å². The minimum Gasteiger partial charge on any atom is -0.394 e. The number of anilines is 1. The maximum absolute atomic E-state index is 9.60. The molecular formula is C16H26N2O. The molecule has 0 amide bonds. The van der Waals surface area contributed by atoms with Gasteiger partial charge in [-0.25, -0.2) is 0 Å². The standard InChI is InChI=1S/C16H26N2O/c1-3-10-17-16(2,13-19)9-12-18-11-8-14-6-4-5-7-15(14)18/h4-7,17,19H,3,8-13H2,1-2H3. The Morgan fingerprint density at radius 1 is 1.37 bits per heavy atom. The van der Waals surface area contributed by atoms with E-state index in [-0.39, 0.29) is 12.1 Å². The molecular weight excluding hydrogens is 236 g/mol. The lowest BCUT2D eigenvalue weighted by atomic mass is 9.98. The first-order valence-electron chi connectivity index (χ1n) is 7.37. The van der Waals surface area contributed by atoms with E-state index in [0.29, 0.717) is 0 Å². The van der Waals surface area contributed by atoms with Crippen LogP contribution in [0, 0.1) is 0 Å². The van der Waals surface area contributed by atoms with Crippen LogP contribution in [0.3, 0.4) is 0 Å². The average Bonchev–Trinajstić information content (AvgIpc) is 2.86. The van der Waals surface area contributed by atoms with Gasteiger partial charge in [-0.05, 0) is 44.4 Å². The van der Waals surface area contributed by atoms with Crippen molar-refractivity contribution in [2.45, 2.75) is 38.6 Å². The van der Waals surface area contributed by atoms with Gasteiger partial charge in [0.15, 0.2) is 0 Å². The summed E-state index contributed by atoms with van der Waals surface area (Å²) in [6.07, 6.45) is 3.22. The Morgan fingerprint density at radius 3 is 2.89 bits per heavy atom. The largest absolute Gasteiger partial charge is 0.394 e. The van der Waals surface area contributed by atoms with E-state index < -0.39 is 0 Å². The van der Waals surface area contributed by atoms with E-state index in [0.717, 1.165) is 38.9 Å². The second-order valence-electron chi connectivity index (χ2n) is 5.76. The SMILES string of the molecule is CCCNC(C)(CO)CCN1CCc2ccccc21. The highest BCUT2D eigenvalue weighted by Gasteiger charge is 2.25. The molecule has 1 heterocycles. The lowest BCUT2D eigenvalue weighted by Crippen LogP contribution is -2.48. The first-order chi connectivity index (χ1) is 9.18. The number of para-hydroxylation sites is 1. The number of rotatable bonds is 7. The molecule has 1 aromatic carbocycles. The Bertz CT molecular complexity index is 407. The summed E-state index contributed by atoms with van der Waals surface area (Å²) < 4.78 is 0. The first kappa shape index (κ1) is 14.4. The molecule has 1 unspecified atom stereocenters. The van der Waals surface area contributed by atoms with Crippen molar-refractivity contribution in [2.75, 3.05) is 31.1 Å². The fraction of sp³-hybridized carbons (Fsp3) is 0.625. The molecule has 3 heteroatoms. The van der Waals surface area contributed by atoms with Crippen molar-refractivity contribution in [3.63, 3.8) is 0 Å². The summed E-state index contributed by atoms with van der Waals surface area (Å²) in [4.78, 5) is 2.44. The van der Waals surface area contributed by atoms with Crippen LogP contribution in [0.2, 0.25) is 0 Å². The second kappa shape index (κ2) is 6.40. The van der Waals surface area contributed by atoms with Crippen LogP contribution >= 0.6 is 0 Å². The highest BCUT2D eigenvalue weighted by atomic mass is 16.3. The molecule has 0 aliphatic carbocycles. The molecule has 1 aliphatic rings. The molecule has 0 bridgehead atoms. The van der Waals surface area contributed by atoms with Gasteiger partial charge in [-0.2, -0.15) is 0 Å². The molecule has 106 valence electrons. The number of nitrogens with one attached hydrogen (secondary N) is 1. The summed E-state index contributed by atoms with van der Waals surface area (Å²) in [5.74, 6) is 0. The third-order valence-electron chi connectivity index (χ3n) is 4.07. The molecule has 2 rings (SSSR count). The number of aliphatic hydroxyl groups excluding tert-OH is 1. The van der Waals surface area contributed by atoms with Crippen LogP contribution < -0.4 is 10.2 Å². The van der Waals surface area contributed by atoms with Crippen molar-refractivity contribution < 1.29 is 5.11 Å². The minimum absolute atomic E-state index is 0.159. The van der Waals surface area contributed by atoms with Crippen LogP contribution in [-0.4, -0.2) is 36.9 Å². The third-order valence-corrected chi connectivity index (χ3v) is 4.07. The average molecular weight is 262 g/mol. The number of fused-ring (bicyclic) bond motifs is 1. The summed E-state index contributed by atoms with van der Waals surface area (Å²) in [5, 5.41) is 13.1. The predicted molar refractivity (Wildman–Crippen MR) is 80.8 cm³/mol. The normalized spacial score (nSPS) is 17.3.